The molecule has 0 aliphatic heterocycles. The van der Waals surface area contributed by atoms with Crippen LogP contribution >= 0.6 is 11.6 Å². The van der Waals surface area contributed by atoms with Crippen LogP contribution in [0.2, 0.25) is 5.02 Å². The molecule has 4 nitrogen and oxygen atoms in total. The molecule has 0 fully saturated rings. The zero-order valence-electron chi connectivity index (χ0n) is 9.64. The number of furan rings is 1. The lowest BCUT2D eigenvalue weighted by Gasteiger charge is -2.05. The van der Waals surface area contributed by atoms with Gasteiger partial charge in [0.25, 0.3) is 0 Å². The summed E-state index contributed by atoms with van der Waals surface area (Å²) < 4.78 is 10.5. The number of ether oxygens (including phenoxy) is 1. The van der Waals surface area contributed by atoms with E-state index in [2.05, 4.69) is 0 Å². The highest BCUT2D eigenvalue weighted by Crippen LogP contribution is 2.22. The number of carboxylic acid groups (broad SMARTS) is 1. The van der Waals surface area contributed by atoms with Crippen LogP contribution in [0, 0.1) is 6.92 Å². The van der Waals surface area contributed by atoms with Crippen molar-refractivity contribution in [3.63, 3.8) is 0 Å². The first kappa shape index (κ1) is 12.5. The van der Waals surface area contributed by atoms with Gasteiger partial charge in [-0.25, -0.2) is 4.79 Å². The van der Waals surface area contributed by atoms with Gasteiger partial charge in [-0.2, -0.15) is 0 Å². The quantitative estimate of drug-likeness (QED) is 0.920. The molecule has 0 aliphatic rings. The Hall–Kier alpha value is -1.94. The molecule has 0 unspecified atom stereocenters. The summed E-state index contributed by atoms with van der Waals surface area (Å²) in [5, 5.41) is 9.38. The monoisotopic (exact) mass is 266 g/mol. The first-order valence-corrected chi connectivity index (χ1v) is 5.65. The van der Waals surface area contributed by atoms with Crippen LogP contribution in [0.25, 0.3) is 0 Å². The third-order valence-corrected chi connectivity index (χ3v) is 2.81. The minimum atomic E-state index is -1.09. The molecule has 0 spiro atoms. The van der Waals surface area contributed by atoms with Gasteiger partial charge in [-0.1, -0.05) is 11.6 Å². The Morgan fingerprint density at radius 3 is 2.78 bits per heavy atom. The number of aromatic carboxylic acids is 1. The van der Waals surface area contributed by atoms with E-state index in [-0.39, 0.29) is 12.4 Å². The van der Waals surface area contributed by atoms with Gasteiger partial charge in [-0.3, -0.25) is 0 Å². The lowest BCUT2D eigenvalue weighted by molar-refractivity contribution is 0.0658. The van der Waals surface area contributed by atoms with Crippen molar-refractivity contribution in [1.29, 1.82) is 0 Å². The largest absolute Gasteiger partial charge is 0.486 e. The number of benzene rings is 1. The molecule has 0 saturated carbocycles. The van der Waals surface area contributed by atoms with E-state index in [0.29, 0.717) is 16.5 Å². The standard InChI is InChI=1S/C13H11ClO4/c1-8-6-9(2-4-11(8)14)17-7-10-3-5-12(18-10)13(15)16/h2-6H,7H2,1H3,(H,15,16). The molecule has 1 aromatic heterocycles. The van der Waals surface area contributed by atoms with Gasteiger partial charge in [0.2, 0.25) is 5.76 Å². The normalized spacial score (nSPS) is 10.3. The van der Waals surface area contributed by atoms with Gasteiger partial charge >= 0.3 is 5.97 Å². The van der Waals surface area contributed by atoms with Crippen LogP contribution < -0.4 is 4.74 Å². The summed E-state index contributed by atoms with van der Waals surface area (Å²) in [5.41, 5.74) is 0.917. The summed E-state index contributed by atoms with van der Waals surface area (Å²) in [5.74, 6) is -0.0744. The lowest BCUT2D eigenvalue weighted by atomic mass is 10.2. The molecule has 1 aromatic carbocycles. The van der Waals surface area contributed by atoms with E-state index >= 15 is 0 Å². The fraction of sp³-hybridized carbons (Fsp3) is 0.154. The van der Waals surface area contributed by atoms with Crippen LogP contribution in [-0.2, 0) is 6.61 Å². The molecule has 0 radical (unpaired) electrons. The molecule has 1 N–H and O–H groups in total. The number of carboxylic acids is 1. The third-order valence-electron chi connectivity index (χ3n) is 2.38. The molecular formula is C13H11ClO4. The number of rotatable bonds is 4. The van der Waals surface area contributed by atoms with Gasteiger partial charge in [0.1, 0.15) is 18.1 Å². The van der Waals surface area contributed by atoms with E-state index in [1.54, 1.807) is 18.2 Å². The fourth-order valence-electron chi connectivity index (χ4n) is 1.43. The number of hydrogen-bond acceptors (Lipinski definition) is 3. The van der Waals surface area contributed by atoms with Crippen LogP contribution in [-0.4, -0.2) is 11.1 Å². The van der Waals surface area contributed by atoms with E-state index in [1.807, 2.05) is 13.0 Å². The third kappa shape index (κ3) is 2.84. The van der Waals surface area contributed by atoms with Crippen molar-refractivity contribution < 1.29 is 19.1 Å². The van der Waals surface area contributed by atoms with E-state index in [0.717, 1.165) is 5.56 Å². The van der Waals surface area contributed by atoms with Crippen molar-refractivity contribution in [3.8, 4) is 5.75 Å². The van der Waals surface area contributed by atoms with Gasteiger partial charge in [-0.15, -0.1) is 0 Å². The zero-order valence-corrected chi connectivity index (χ0v) is 10.4. The summed E-state index contributed by atoms with van der Waals surface area (Å²) in [6, 6.07) is 8.27. The average Bonchev–Trinajstić information content (AvgIpc) is 2.79. The average molecular weight is 267 g/mol. The van der Waals surface area contributed by atoms with Crippen LogP contribution in [0.5, 0.6) is 5.75 Å². The predicted molar refractivity (Wildman–Crippen MR) is 66.2 cm³/mol. The number of halogens is 1. The number of carbonyl (C=O) groups is 1. The Morgan fingerprint density at radius 1 is 1.39 bits per heavy atom. The Balaban J connectivity index is 2.02. The highest BCUT2D eigenvalue weighted by molar-refractivity contribution is 6.31. The number of aryl methyl sites for hydroxylation is 1. The molecule has 5 heteroatoms. The van der Waals surface area contributed by atoms with Crippen molar-refractivity contribution in [2.45, 2.75) is 13.5 Å². The molecular weight excluding hydrogens is 256 g/mol. The molecule has 1 heterocycles. The van der Waals surface area contributed by atoms with Crippen LogP contribution in [0.15, 0.2) is 34.7 Å². The van der Waals surface area contributed by atoms with Crippen molar-refractivity contribution in [2.75, 3.05) is 0 Å². The maximum atomic E-state index is 10.6. The van der Waals surface area contributed by atoms with Crippen molar-refractivity contribution in [1.82, 2.24) is 0 Å². The minimum absolute atomic E-state index is 0.0964. The lowest BCUT2D eigenvalue weighted by Crippen LogP contribution is -1.95. The van der Waals surface area contributed by atoms with Gasteiger partial charge in [-0.05, 0) is 42.8 Å². The smallest absolute Gasteiger partial charge is 0.371 e. The molecule has 0 bridgehead atoms. The minimum Gasteiger partial charge on any atom is -0.486 e. The maximum absolute atomic E-state index is 10.6. The second kappa shape index (κ2) is 5.14. The van der Waals surface area contributed by atoms with Crippen LogP contribution in [0.1, 0.15) is 21.9 Å². The second-order valence-electron chi connectivity index (χ2n) is 3.77. The van der Waals surface area contributed by atoms with E-state index in [1.165, 1.54) is 6.07 Å². The fourth-order valence-corrected chi connectivity index (χ4v) is 1.55. The van der Waals surface area contributed by atoms with Gasteiger partial charge < -0.3 is 14.3 Å². The molecule has 94 valence electrons. The molecule has 2 rings (SSSR count). The van der Waals surface area contributed by atoms with E-state index in [9.17, 15) is 4.79 Å². The van der Waals surface area contributed by atoms with Crippen molar-refractivity contribution in [2.24, 2.45) is 0 Å². The van der Waals surface area contributed by atoms with Crippen LogP contribution in [0.4, 0.5) is 0 Å². The molecule has 0 aliphatic carbocycles. The van der Waals surface area contributed by atoms with E-state index in [4.69, 9.17) is 25.9 Å². The summed E-state index contributed by atoms with van der Waals surface area (Å²) in [4.78, 5) is 10.6. The Kier molecular flexibility index (Phi) is 3.58. The van der Waals surface area contributed by atoms with Gasteiger partial charge in [0, 0.05) is 5.02 Å². The molecule has 0 saturated heterocycles. The summed E-state index contributed by atoms with van der Waals surface area (Å²) in [7, 11) is 0. The number of hydrogen-bond donors (Lipinski definition) is 1. The summed E-state index contributed by atoms with van der Waals surface area (Å²) >= 11 is 5.90. The van der Waals surface area contributed by atoms with Gasteiger partial charge in [0.05, 0.1) is 0 Å². The highest BCUT2D eigenvalue weighted by Gasteiger charge is 2.09. The molecule has 0 amide bonds. The first-order chi connectivity index (χ1) is 8.56. The highest BCUT2D eigenvalue weighted by atomic mass is 35.5. The topological polar surface area (TPSA) is 59.7 Å². The van der Waals surface area contributed by atoms with Crippen LogP contribution in [0.3, 0.4) is 0 Å². The summed E-state index contributed by atoms with van der Waals surface area (Å²) in [6.45, 7) is 2.05. The molecule has 2 aromatic rings. The predicted octanol–water partition coefficient (Wildman–Crippen LogP) is 3.52. The first-order valence-electron chi connectivity index (χ1n) is 5.27. The second-order valence-corrected chi connectivity index (χ2v) is 4.18. The Morgan fingerprint density at radius 2 is 2.17 bits per heavy atom. The Labute approximate surface area is 109 Å². The maximum Gasteiger partial charge on any atom is 0.371 e. The molecule has 18 heavy (non-hydrogen) atoms. The molecule has 0 atom stereocenters. The zero-order chi connectivity index (χ0) is 13.1. The van der Waals surface area contributed by atoms with Crippen molar-refractivity contribution >= 4 is 17.6 Å². The van der Waals surface area contributed by atoms with Crippen molar-refractivity contribution in [3.05, 3.63) is 52.4 Å². The summed E-state index contributed by atoms with van der Waals surface area (Å²) in [6.07, 6.45) is 0. The Bertz CT molecular complexity index is 574. The van der Waals surface area contributed by atoms with Gasteiger partial charge in [0.15, 0.2) is 0 Å². The van der Waals surface area contributed by atoms with E-state index < -0.39 is 5.97 Å². The SMILES string of the molecule is Cc1cc(OCc2ccc(C(=O)O)o2)ccc1Cl.